The molecule has 80 heavy (non-hydrogen) atoms. The van der Waals surface area contributed by atoms with Crippen LogP contribution in [0.1, 0.15) is 210 Å². The van der Waals surface area contributed by atoms with E-state index in [2.05, 4.69) is 31.8 Å². The first-order valence-electron chi connectivity index (χ1n) is 31.1. The molecule has 1 saturated carbocycles. The molecule has 0 bridgehead atoms. The average Bonchev–Trinajstić information content (AvgIpc) is 3.22. The molecule has 1 heterocycles. The van der Waals surface area contributed by atoms with Crippen LogP contribution in [0.4, 0.5) is 14.0 Å². The van der Waals surface area contributed by atoms with E-state index in [1.54, 1.807) is 29.2 Å². The number of benzene rings is 3. The number of unbranched alkanes of at least 4 members (excludes halogenated alkanes) is 20. The lowest BCUT2D eigenvalue weighted by Gasteiger charge is -2.59. The normalized spacial score (nSPS) is 20.5. The van der Waals surface area contributed by atoms with Crippen LogP contribution in [-0.2, 0) is 27.5 Å². The largest absolute Gasteiger partial charge is 0.459 e. The number of hydrogen-bond donors (Lipinski definition) is 3. The SMILES string of the molecule is C=CCOC12Oc3ccc(OC(=O)NCCCCCCCCCCCC)cc3C3C(CCCCO)C(CCCCO)C=C(C(=NOCc4ccccc4)CC1N(Cc1ccc(F)cc1)C(=O)OCCCCCCCCCCCC)C32. The monoisotopic (exact) mass is 1110 g/mol. The van der Waals surface area contributed by atoms with E-state index in [4.69, 9.17) is 28.9 Å². The molecule has 3 N–H and O–H groups in total. The minimum atomic E-state index is -1.56. The summed E-state index contributed by atoms with van der Waals surface area (Å²) in [5.41, 5.74) is 3.98. The standard InChI is InChI=1S/C67H98FN3O9/c1-4-7-9-11-13-15-17-19-21-28-42-69-65(74)79-56-40-41-61-59(48-56)63-57(35-27-30-44-73)54(34-26-29-43-72)47-58-60(70-78-51-53-32-24-23-25-33-53)49-62(67(80-61,64(58)63)77-45-6-3)71(50-52-36-38-55(68)39-37-52)66(75)76-46-31-22-20-18-16-14-12-10-8-5-2/h6,23-25,32-33,36-41,47-48,54,57,62-64,72-73H,3-5,7-22,26-31,34-35,42-46,49-51H2,1-2H3,(H,69,74). The van der Waals surface area contributed by atoms with E-state index in [0.717, 1.165) is 80.9 Å². The van der Waals surface area contributed by atoms with Gasteiger partial charge in [-0.1, -0.05) is 202 Å². The van der Waals surface area contributed by atoms with Gasteiger partial charge in [-0.25, -0.2) is 14.0 Å². The molecule has 0 aromatic heterocycles. The summed E-state index contributed by atoms with van der Waals surface area (Å²) in [5, 5.41) is 28.2. The van der Waals surface area contributed by atoms with Crippen LogP contribution in [0.15, 0.2) is 102 Å². The van der Waals surface area contributed by atoms with E-state index < -0.39 is 29.9 Å². The number of aliphatic hydroxyl groups excluding tert-OH is 2. The Hall–Kier alpha value is -5.24. The Balaban J connectivity index is 1.38. The Bertz CT molecular complexity index is 2310. The molecule has 0 spiro atoms. The predicted molar refractivity (Wildman–Crippen MR) is 317 cm³/mol. The Labute approximate surface area is 479 Å². The fourth-order valence-electron chi connectivity index (χ4n) is 12.3. The second-order valence-corrected chi connectivity index (χ2v) is 22.6. The number of allylic oxidation sites excluding steroid dienone is 1. The maximum absolute atomic E-state index is 15.2. The number of rotatable bonds is 40. The van der Waals surface area contributed by atoms with E-state index in [1.807, 2.05) is 42.5 Å². The van der Waals surface area contributed by atoms with Gasteiger partial charge in [0.1, 0.15) is 30.0 Å². The first kappa shape index (κ1) is 63.9. The molecule has 6 unspecified atom stereocenters. The van der Waals surface area contributed by atoms with Gasteiger partial charge in [0.25, 0.3) is 0 Å². The molecular formula is C67H98FN3O9. The molecule has 0 saturated heterocycles. The molecule has 3 aromatic rings. The third-order valence-corrected chi connectivity index (χ3v) is 16.5. The van der Waals surface area contributed by atoms with Crippen molar-refractivity contribution in [3.8, 4) is 11.5 Å². The number of oxime groups is 1. The smallest absolute Gasteiger partial charge is 0.412 e. The number of nitrogens with one attached hydrogen (secondary N) is 1. The van der Waals surface area contributed by atoms with Crippen LogP contribution in [0.2, 0.25) is 0 Å². The van der Waals surface area contributed by atoms with Gasteiger partial charge >= 0.3 is 12.2 Å². The molecule has 0 radical (unpaired) electrons. The highest BCUT2D eigenvalue weighted by Crippen LogP contribution is 2.62. The van der Waals surface area contributed by atoms with Gasteiger partial charge in [0.05, 0.1) is 24.8 Å². The molecular weight excluding hydrogens is 1010 g/mol. The van der Waals surface area contributed by atoms with Crippen molar-refractivity contribution in [2.24, 2.45) is 22.9 Å². The van der Waals surface area contributed by atoms with E-state index in [-0.39, 0.29) is 69.6 Å². The van der Waals surface area contributed by atoms with Crippen molar-refractivity contribution in [3.05, 3.63) is 120 Å². The van der Waals surface area contributed by atoms with Crippen LogP contribution in [0.3, 0.4) is 0 Å². The van der Waals surface area contributed by atoms with Gasteiger partial charge in [0.15, 0.2) is 0 Å². The maximum Gasteiger partial charge on any atom is 0.412 e. The van der Waals surface area contributed by atoms with Crippen LogP contribution in [-0.4, -0.2) is 77.8 Å². The fraction of sp³-hybridized carbons (Fsp3) is 0.627. The van der Waals surface area contributed by atoms with Gasteiger partial charge < -0.3 is 39.3 Å². The summed E-state index contributed by atoms with van der Waals surface area (Å²) < 4.78 is 41.6. The van der Waals surface area contributed by atoms with Crippen molar-refractivity contribution < 1.29 is 48.0 Å². The zero-order valence-electron chi connectivity index (χ0n) is 48.7. The minimum absolute atomic E-state index is 0.00862. The van der Waals surface area contributed by atoms with Crippen LogP contribution in [0.25, 0.3) is 0 Å². The quantitative estimate of drug-likeness (QED) is 0.0287. The number of aliphatic hydroxyl groups is 2. The van der Waals surface area contributed by atoms with Crippen molar-refractivity contribution >= 4 is 17.9 Å². The molecule has 13 heteroatoms. The molecule has 2 aliphatic carbocycles. The lowest BCUT2D eigenvalue weighted by atomic mass is 9.55. The summed E-state index contributed by atoms with van der Waals surface area (Å²) in [6, 6.07) is 20.7. The van der Waals surface area contributed by atoms with Crippen LogP contribution >= 0.6 is 0 Å². The van der Waals surface area contributed by atoms with Crippen molar-refractivity contribution in [1.29, 1.82) is 0 Å². The topological polar surface area (TPSA) is 148 Å². The van der Waals surface area contributed by atoms with Gasteiger partial charge in [-0.05, 0) is 97.4 Å². The van der Waals surface area contributed by atoms with Crippen molar-refractivity contribution in [2.45, 2.75) is 218 Å². The van der Waals surface area contributed by atoms with Gasteiger partial charge in [-0.2, -0.15) is 0 Å². The zero-order chi connectivity index (χ0) is 56.6. The number of fused-ring (bicyclic) bond motifs is 2. The van der Waals surface area contributed by atoms with Crippen LogP contribution in [0.5, 0.6) is 11.5 Å². The van der Waals surface area contributed by atoms with E-state index in [0.29, 0.717) is 48.6 Å². The van der Waals surface area contributed by atoms with E-state index in [9.17, 15) is 19.4 Å². The van der Waals surface area contributed by atoms with Gasteiger partial charge in [-0.3, -0.25) is 4.90 Å². The second kappa shape index (κ2) is 36.3. The van der Waals surface area contributed by atoms with Crippen molar-refractivity contribution in [1.82, 2.24) is 10.2 Å². The first-order chi connectivity index (χ1) is 39.3. The highest BCUT2D eigenvalue weighted by molar-refractivity contribution is 6.03. The molecule has 442 valence electrons. The maximum atomic E-state index is 15.2. The highest BCUT2D eigenvalue weighted by Gasteiger charge is 2.66. The first-order valence-corrected chi connectivity index (χ1v) is 31.1. The molecule has 6 atom stereocenters. The summed E-state index contributed by atoms with van der Waals surface area (Å²) in [5.74, 6) is -2.07. The Morgan fingerprint density at radius 1 is 0.762 bits per heavy atom. The Kier molecular flexibility index (Phi) is 29.0. The molecule has 6 rings (SSSR count). The summed E-state index contributed by atoms with van der Waals surface area (Å²) in [6.45, 7) is 9.76. The highest BCUT2D eigenvalue weighted by atomic mass is 19.1. The van der Waals surface area contributed by atoms with Gasteiger partial charge in [0, 0.05) is 44.2 Å². The Morgan fingerprint density at radius 2 is 1.39 bits per heavy atom. The summed E-state index contributed by atoms with van der Waals surface area (Å²) in [7, 11) is 0. The van der Waals surface area contributed by atoms with Crippen LogP contribution in [0, 0.1) is 23.6 Å². The minimum Gasteiger partial charge on any atom is -0.459 e. The third-order valence-electron chi connectivity index (χ3n) is 16.5. The molecule has 3 aliphatic rings. The number of ether oxygens (including phenoxy) is 4. The van der Waals surface area contributed by atoms with Crippen LogP contribution < -0.4 is 14.8 Å². The fourth-order valence-corrected chi connectivity index (χ4v) is 12.3. The number of nitrogens with zero attached hydrogens (tertiary/aromatic N) is 2. The van der Waals surface area contributed by atoms with Crippen molar-refractivity contribution in [2.75, 3.05) is 33.0 Å². The zero-order valence-corrected chi connectivity index (χ0v) is 48.7. The number of halogens is 1. The molecule has 12 nitrogen and oxygen atoms in total. The summed E-state index contributed by atoms with van der Waals surface area (Å²) in [4.78, 5) is 36.7. The van der Waals surface area contributed by atoms with Crippen molar-refractivity contribution in [3.63, 3.8) is 0 Å². The summed E-state index contributed by atoms with van der Waals surface area (Å²) >= 11 is 0. The lowest BCUT2D eigenvalue weighted by Crippen LogP contribution is -2.70. The number of carbonyl (C=O) groups excluding carboxylic acids is 2. The van der Waals surface area contributed by atoms with E-state index >= 15 is 4.79 Å². The molecule has 2 amide bonds. The van der Waals surface area contributed by atoms with Gasteiger partial charge in [-0.15, -0.1) is 6.58 Å². The van der Waals surface area contributed by atoms with E-state index in [1.165, 1.54) is 95.6 Å². The second-order valence-electron chi connectivity index (χ2n) is 22.6. The number of carbonyl (C=O) groups is 2. The number of amides is 2. The van der Waals surface area contributed by atoms with Gasteiger partial charge in [0.2, 0.25) is 5.79 Å². The number of hydrogen-bond acceptors (Lipinski definition) is 10. The molecule has 1 fully saturated rings. The predicted octanol–water partition coefficient (Wildman–Crippen LogP) is 16.2. The molecule has 3 aromatic carbocycles. The average molecular weight is 1110 g/mol. The third kappa shape index (κ3) is 19.7. The molecule has 1 aliphatic heterocycles. The summed E-state index contributed by atoms with van der Waals surface area (Å²) in [6.07, 6.45) is 30.8. The lowest BCUT2D eigenvalue weighted by molar-refractivity contribution is -0.256. The Morgan fingerprint density at radius 3 is 2.02 bits per heavy atom.